The molecule has 11 nitrogen and oxygen atoms in total. The third kappa shape index (κ3) is 5.24. The molecule has 5 aromatic heterocycles. The molecular weight excluding hydrogens is 585 g/mol. The van der Waals surface area contributed by atoms with Crippen LogP contribution in [0.2, 0.25) is 0 Å². The van der Waals surface area contributed by atoms with E-state index in [1.54, 1.807) is 27.8 Å². The monoisotopic (exact) mass is 612 g/mol. The molecule has 2 aliphatic rings. The molecule has 0 spiro atoms. The highest BCUT2D eigenvalue weighted by atomic mass is 19.4. The van der Waals surface area contributed by atoms with Crippen molar-refractivity contribution in [3.8, 4) is 28.5 Å². The molecule has 1 aliphatic carbocycles. The Labute approximate surface area is 255 Å². The van der Waals surface area contributed by atoms with Crippen LogP contribution in [0.25, 0.3) is 27.9 Å². The van der Waals surface area contributed by atoms with Gasteiger partial charge in [0.15, 0.2) is 0 Å². The van der Waals surface area contributed by atoms with Crippen molar-refractivity contribution in [1.29, 1.82) is 5.26 Å². The number of hydrogen-bond donors (Lipinski definition) is 1. The minimum atomic E-state index is -4.62. The first-order chi connectivity index (χ1) is 21.5. The summed E-state index contributed by atoms with van der Waals surface area (Å²) in [5.41, 5.74) is 2.49. The van der Waals surface area contributed by atoms with E-state index in [9.17, 15) is 23.2 Å². The van der Waals surface area contributed by atoms with Crippen LogP contribution in [0.4, 0.5) is 19.0 Å². The zero-order valence-corrected chi connectivity index (χ0v) is 24.3. The fraction of sp³-hybridized carbons (Fsp3) is 0.323. The number of halogens is 3. The van der Waals surface area contributed by atoms with Crippen LogP contribution in [-0.2, 0) is 13.2 Å². The van der Waals surface area contributed by atoms with E-state index in [1.165, 1.54) is 12.3 Å². The molecule has 1 N–H and O–H groups in total. The highest BCUT2D eigenvalue weighted by Crippen LogP contribution is 2.45. The Bertz CT molecular complexity index is 1960. The number of aromatic nitrogens is 7. The summed E-state index contributed by atoms with van der Waals surface area (Å²) in [5.74, 6) is 0.744. The average Bonchev–Trinajstić information content (AvgIpc) is 3.79. The van der Waals surface area contributed by atoms with Crippen LogP contribution in [0.5, 0.6) is 0 Å². The summed E-state index contributed by atoms with van der Waals surface area (Å²) >= 11 is 0. The molecule has 14 heteroatoms. The van der Waals surface area contributed by atoms with Crippen molar-refractivity contribution in [1.82, 2.24) is 39.7 Å². The van der Waals surface area contributed by atoms with Crippen molar-refractivity contribution in [3.63, 3.8) is 0 Å². The average molecular weight is 613 g/mol. The molecule has 0 bridgehead atoms. The Morgan fingerprint density at radius 3 is 2.44 bits per heavy atom. The fourth-order valence-corrected chi connectivity index (χ4v) is 6.75. The Morgan fingerprint density at radius 1 is 1.02 bits per heavy atom. The highest BCUT2D eigenvalue weighted by Gasteiger charge is 2.48. The SMILES string of the molecule is Cn1cc(-c2cc(-c3cnc(N4C[C@@H]5C[C@@](C)(NC(=O)c6ccnc(C(F)(F)F)c6)C[C@@H]5C4)cn3)c3c(C#N)cnn3c2)cn1. The van der Waals surface area contributed by atoms with Crippen LogP contribution >= 0.6 is 0 Å². The van der Waals surface area contributed by atoms with Gasteiger partial charge in [0.25, 0.3) is 5.91 Å². The minimum absolute atomic E-state index is 0.0614. The van der Waals surface area contributed by atoms with Crippen molar-refractivity contribution in [2.45, 2.75) is 31.5 Å². The second kappa shape index (κ2) is 10.4. The van der Waals surface area contributed by atoms with Gasteiger partial charge in [-0.15, -0.1) is 0 Å². The van der Waals surface area contributed by atoms with Gasteiger partial charge < -0.3 is 10.2 Å². The van der Waals surface area contributed by atoms with Gasteiger partial charge in [-0.2, -0.15) is 28.6 Å². The summed E-state index contributed by atoms with van der Waals surface area (Å²) in [6.45, 7) is 3.39. The third-order valence-corrected chi connectivity index (χ3v) is 8.74. The topological polar surface area (TPSA) is 130 Å². The maximum Gasteiger partial charge on any atom is 0.433 e. The Morgan fingerprint density at radius 2 is 1.80 bits per heavy atom. The number of fused-ring (bicyclic) bond motifs is 2. The van der Waals surface area contributed by atoms with Gasteiger partial charge >= 0.3 is 6.18 Å². The number of carbonyl (C=O) groups excluding carboxylic acids is 1. The normalized spacial score (nSPS) is 21.2. The predicted octanol–water partition coefficient (Wildman–Crippen LogP) is 4.51. The molecule has 45 heavy (non-hydrogen) atoms. The molecular formula is C31H27F3N10O. The summed E-state index contributed by atoms with van der Waals surface area (Å²) in [5, 5.41) is 21.3. The smallest absolute Gasteiger partial charge is 0.355 e. The van der Waals surface area contributed by atoms with E-state index in [0.29, 0.717) is 29.6 Å². The molecule has 7 rings (SSSR count). The number of carbonyl (C=O) groups is 1. The predicted molar refractivity (Wildman–Crippen MR) is 157 cm³/mol. The lowest BCUT2D eigenvalue weighted by molar-refractivity contribution is -0.141. The summed E-state index contributed by atoms with van der Waals surface area (Å²) in [4.78, 5) is 27.9. The Balaban J connectivity index is 1.07. The van der Waals surface area contributed by atoms with E-state index in [4.69, 9.17) is 9.97 Å². The van der Waals surface area contributed by atoms with Crippen LogP contribution in [0.3, 0.4) is 0 Å². The number of anilines is 1. The van der Waals surface area contributed by atoms with Crippen LogP contribution in [0.15, 0.2) is 61.6 Å². The first-order valence-corrected chi connectivity index (χ1v) is 14.3. The molecule has 0 aromatic carbocycles. The first kappa shape index (κ1) is 28.5. The maximum atomic E-state index is 13.1. The number of nitrogens with one attached hydrogen (secondary N) is 1. The molecule has 1 saturated carbocycles. The third-order valence-electron chi connectivity index (χ3n) is 8.74. The van der Waals surface area contributed by atoms with Crippen molar-refractivity contribution >= 4 is 17.2 Å². The molecule has 1 amide bonds. The molecule has 3 atom stereocenters. The van der Waals surface area contributed by atoms with Gasteiger partial charge in [-0.3, -0.25) is 19.4 Å². The van der Waals surface area contributed by atoms with E-state index in [0.717, 1.165) is 47.9 Å². The molecule has 6 heterocycles. The van der Waals surface area contributed by atoms with Gasteiger partial charge in [0.2, 0.25) is 0 Å². The quantitative estimate of drug-likeness (QED) is 0.307. The molecule has 2 fully saturated rings. The van der Waals surface area contributed by atoms with E-state index in [1.807, 2.05) is 32.4 Å². The van der Waals surface area contributed by atoms with Crippen molar-refractivity contribution < 1.29 is 18.0 Å². The Kier molecular flexibility index (Phi) is 6.57. The number of aryl methyl sites for hydroxylation is 1. The van der Waals surface area contributed by atoms with Gasteiger partial charge in [-0.1, -0.05) is 0 Å². The molecule has 5 aromatic rings. The lowest BCUT2D eigenvalue weighted by Crippen LogP contribution is -2.45. The number of rotatable bonds is 5. The molecule has 228 valence electrons. The molecule has 1 saturated heterocycles. The van der Waals surface area contributed by atoms with Gasteiger partial charge in [0, 0.05) is 66.5 Å². The van der Waals surface area contributed by atoms with E-state index in [2.05, 4.69) is 31.5 Å². The Hall–Kier alpha value is -5.32. The van der Waals surface area contributed by atoms with E-state index in [-0.39, 0.29) is 17.4 Å². The second-order valence-electron chi connectivity index (χ2n) is 12.0. The van der Waals surface area contributed by atoms with Crippen LogP contribution in [-0.4, -0.2) is 58.9 Å². The molecule has 0 radical (unpaired) electrons. The van der Waals surface area contributed by atoms with Crippen LogP contribution in [0.1, 0.15) is 41.4 Å². The van der Waals surface area contributed by atoms with Crippen molar-refractivity contribution in [2.24, 2.45) is 18.9 Å². The van der Waals surface area contributed by atoms with Gasteiger partial charge in [0.1, 0.15) is 17.6 Å². The summed E-state index contributed by atoms with van der Waals surface area (Å²) in [7, 11) is 1.84. The lowest BCUT2D eigenvalue weighted by Gasteiger charge is -2.29. The highest BCUT2D eigenvalue weighted by molar-refractivity contribution is 5.94. The van der Waals surface area contributed by atoms with Gasteiger partial charge in [-0.25, -0.2) is 9.50 Å². The first-order valence-electron chi connectivity index (χ1n) is 14.3. The fourth-order valence-electron chi connectivity index (χ4n) is 6.75. The minimum Gasteiger partial charge on any atom is -0.355 e. The number of amides is 1. The summed E-state index contributed by atoms with van der Waals surface area (Å²) in [6.07, 6.45) is 8.26. The number of alkyl halides is 3. The number of hydrogen-bond acceptors (Lipinski definition) is 8. The summed E-state index contributed by atoms with van der Waals surface area (Å²) < 4.78 is 42.6. The van der Waals surface area contributed by atoms with Crippen LogP contribution < -0.4 is 10.2 Å². The summed E-state index contributed by atoms with van der Waals surface area (Å²) in [6, 6.07) is 6.25. The zero-order chi connectivity index (χ0) is 31.5. The largest absolute Gasteiger partial charge is 0.433 e. The maximum absolute atomic E-state index is 13.1. The van der Waals surface area contributed by atoms with Gasteiger partial charge in [-0.05, 0) is 49.8 Å². The second-order valence-corrected chi connectivity index (χ2v) is 12.0. The van der Waals surface area contributed by atoms with E-state index >= 15 is 0 Å². The van der Waals surface area contributed by atoms with Crippen molar-refractivity contribution in [3.05, 3.63) is 78.4 Å². The van der Waals surface area contributed by atoms with Crippen molar-refractivity contribution in [2.75, 3.05) is 18.0 Å². The van der Waals surface area contributed by atoms with Gasteiger partial charge in [0.05, 0.1) is 41.6 Å². The number of nitrogens with zero attached hydrogens (tertiary/aromatic N) is 9. The van der Waals surface area contributed by atoms with E-state index < -0.39 is 23.3 Å². The molecule has 1 aliphatic heterocycles. The molecule has 0 unspecified atom stereocenters. The number of pyridine rings is 2. The zero-order valence-electron chi connectivity index (χ0n) is 24.3. The number of nitriles is 1. The van der Waals surface area contributed by atoms with Crippen LogP contribution in [0, 0.1) is 23.2 Å². The standard InChI is InChI=1S/C31H27F3N10O/c1-30(41-29(45)18-3-4-36-26(6-18)31(32,33)34)7-20-15-43(16-21(20)8-30)27-13-37-25(12-38-27)24-5-19(23-11-39-42(2)14-23)17-44-28(24)22(9-35)10-40-44/h3-6,10-14,17,20-21H,7-8,15-16H2,1-2H3,(H,41,45)/t20-,21+,30+. The lowest BCUT2D eigenvalue weighted by atomic mass is 9.97.